The van der Waals surface area contributed by atoms with Crippen LogP contribution in [0, 0.1) is 10.6 Å². The molecule has 1 aliphatic carbocycles. The van der Waals surface area contributed by atoms with Crippen molar-refractivity contribution >= 4 is 11.9 Å². The fraction of sp³-hybridized carbons (Fsp3) is 0.588. The molecule has 4 N–H and O–H groups in total. The molecule has 1 heterocycles. The molecule has 0 aromatic carbocycles. The van der Waals surface area contributed by atoms with E-state index < -0.39 is 12.0 Å². The van der Waals surface area contributed by atoms with E-state index in [1.807, 2.05) is 0 Å². The van der Waals surface area contributed by atoms with Gasteiger partial charge in [-0.1, -0.05) is 19.3 Å². The van der Waals surface area contributed by atoms with Gasteiger partial charge >= 0.3 is 5.97 Å². The lowest BCUT2D eigenvalue weighted by Crippen LogP contribution is -2.47. The molecule has 1 atom stereocenters. The number of carbonyl (C=O) groups excluding carboxylic acids is 1. The maximum atomic E-state index is 12.2. The number of nitrogens with one attached hydrogen (secondary N) is 1. The van der Waals surface area contributed by atoms with Crippen LogP contribution in [-0.2, 0) is 16.0 Å². The molecule has 0 unspecified atom stereocenters. The summed E-state index contributed by atoms with van der Waals surface area (Å²) in [5.41, 5.74) is 6.38. The molecule has 1 aliphatic rings. The quantitative estimate of drug-likeness (QED) is 0.501. The maximum absolute atomic E-state index is 12.2. The van der Waals surface area contributed by atoms with Crippen molar-refractivity contribution in [2.24, 2.45) is 11.1 Å². The molecule has 2 rings (SSSR count). The van der Waals surface area contributed by atoms with Crippen LogP contribution in [0.1, 0.15) is 44.1 Å². The topological polar surface area (TPSA) is 119 Å². The minimum Gasteiger partial charge on any atom is -0.619 e. The predicted octanol–water partition coefficient (Wildman–Crippen LogP) is 0.731. The number of nitrogens with zero attached hydrogens (tertiary/aromatic N) is 1. The van der Waals surface area contributed by atoms with Gasteiger partial charge in [-0.3, -0.25) is 9.59 Å². The van der Waals surface area contributed by atoms with Gasteiger partial charge in [-0.05, 0) is 30.2 Å². The Kier molecular flexibility index (Phi) is 6.14. The second-order valence-corrected chi connectivity index (χ2v) is 6.73. The summed E-state index contributed by atoms with van der Waals surface area (Å²) in [5.74, 6) is -1.12. The number of aromatic nitrogens is 1. The highest BCUT2D eigenvalue weighted by molar-refractivity contribution is 5.81. The first-order chi connectivity index (χ1) is 11.4. The molecule has 0 bridgehead atoms. The number of carbonyl (C=O) groups is 2. The number of hydrogen-bond acceptors (Lipinski definition) is 4. The minimum atomic E-state index is -0.828. The molecule has 132 valence electrons. The molecule has 7 heteroatoms. The Morgan fingerprint density at radius 3 is 2.50 bits per heavy atom. The number of carboxylic acid groups (broad SMARTS) is 1. The third kappa shape index (κ3) is 5.19. The summed E-state index contributed by atoms with van der Waals surface area (Å²) in [6.07, 6.45) is 7.87. The summed E-state index contributed by atoms with van der Waals surface area (Å²) in [5, 5.41) is 23.0. The summed E-state index contributed by atoms with van der Waals surface area (Å²) in [6.45, 7) is 0.348. The van der Waals surface area contributed by atoms with Crippen molar-refractivity contribution in [2.75, 3.05) is 6.54 Å². The normalized spacial score (nSPS) is 17.9. The van der Waals surface area contributed by atoms with Crippen molar-refractivity contribution in [3.05, 3.63) is 35.3 Å². The van der Waals surface area contributed by atoms with E-state index >= 15 is 0 Å². The highest BCUT2D eigenvalue weighted by Crippen LogP contribution is 2.38. The van der Waals surface area contributed by atoms with E-state index in [0.717, 1.165) is 37.7 Å². The molecule has 0 saturated heterocycles. The van der Waals surface area contributed by atoms with Crippen molar-refractivity contribution in [2.45, 2.75) is 51.0 Å². The van der Waals surface area contributed by atoms with Crippen LogP contribution in [0.25, 0.3) is 0 Å². The van der Waals surface area contributed by atoms with Crippen LogP contribution in [0.5, 0.6) is 0 Å². The Hall–Kier alpha value is -2.15. The molecule has 0 radical (unpaired) electrons. The van der Waals surface area contributed by atoms with Gasteiger partial charge in [-0.25, -0.2) is 0 Å². The van der Waals surface area contributed by atoms with Crippen molar-refractivity contribution in [1.29, 1.82) is 0 Å². The smallest absolute Gasteiger partial charge is 0.303 e. The van der Waals surface area contributed by atoms with Crippen molar-refractivity contribution in [3.8, 4) is 0 Å². The molecule has 1 aromatic heterocycles. The van der Waals surface area contributed by atoms with Gasteiger partial charge in [0.15, 0.2) is 12.4 Å². The van der Waals surface area contributed by atoms with Crippen LogP contribution in [0.3, 0.4) is 0 Å². The summed E-state index contributed by atoms with van der Waals surface area (Å²) < 4.78 is 0.674. The Morgan fingerprint density at radius 2 is 1.92 bits per heavy atom. The minimum absolute atomic E-state index is 0.0741. The third-order valence-electron chi connectivity index (χ3n) is 4.74. The lowest BCUT2D eigenvalue weighted by molar-refractivity contribution is -0.605. The molecule has 1 aromatic rings. The van der Waals surface area contributed by atoms with E-state index in [2.05, 4.69) is 5.32 Å². The monoisotopic (exact) mass is 335 g/mol. The van der Waals surface area contributed by atoms with Gasteiger partial charge in [-0.2, -0.15) is 4.73 Å². The predicted molar refractivity (Wildman–Crippen MR) is 87.9 cm³/mol. The van der Waals surface area contributed by atoms with E-state index in [1.54, 1.807) is 12.1 Å². The Morgan fingerprint density at radius 1 is 1.29 bits per heavy atom. The van der Waals surface area contributed by atoms with Crippen molar-refractivity contribution < 1.29 is 19.4 Å². The highest BCUT2D eigenvalue weighted by Gasteiger charge is 2.35. The molecular weight excluding hydrogens is 310 g/mol. The Bertz CT molecular complexity index is 568. The van der Waals surface area contributed by atoms with E-state index in [0.29, 0.717) is 17.7 Å². The van der Waals surface area contributed by atoms with Gasteiger partial charge in [-0.15, -0.1) is 0 Å². The van der Waals surface area contributed by atoms with Crippen LogP contribution < -0.4 is 15.8 Å². The van der Waals surface area contributed by atoms with Gasteiger partial charge in [0.1, 0.15) is 0 Å². The Labute approximate surface area is 141 Å². The number of amides is 1. The van der Waals surface area contributed by atoms with Gasteiger partial charge in [0.25, 0.3) is 0 Å². The Balaban J connectivity index is 1.89. The summed E-state index contributed by atoms with van der Waals surface area (Å²) in [6, 6.07) is 2.54. The fourth-order valence-corrected chi connectivity index (χ4v) is 3.37. The molecule has 0 aliphatic heterocycles. The number of nitrogens with two attached hydrogens (primary N) is 1. The molecule has 1 fully saturated rings. The number of pyridine rings is 1. The summed E-state index contributed by atoms with van der Waals surface area (Å²) in [7, 11) is 0. The van der Waals surface area contributed by atoms with Crippen LogP contribution in [-0.4, -0.2) is 29.6 Å². The molecule has 24 heavy (non-hydrogen) atoms. The van der Waals surface area contributed by atoms with E-state index in [-0.39, 0.29) is 17.7 Å². The SMILES string of the molecule is N[C@H](Cc1cc[n+]([O-])cc1)C(=O)NCC1(CC(=O)O)CCCCC1. The summed E-state index contributed by atoms with van der Waals surface area (Å²) >= 11 is 0. The average Bonchev–Trinajstić information content (AvgIpc) is 2.55. The largest absolute Gasteiger partial charge is 0.619 e. The molecule has 1 saturated carbocycles. The first kappa shape index (κ1) is 18.2. The second-order valence-electron chi connectivity index (χ2n) is 6.73. The van der Waals surface area contributed by atoms with Crippen LogP contribution in [0.4, 0.5) is 0 Å². The molecule has 7 nitrogen and oxygen atoms in total. The highest BCUT2D eigenvalue weighted by atomic mass is 16.5. The average molecular weight is 335 g/mol. The zero-order valence-electron chi connectivity index (χ0n) is 13.7. The van der Waals surface area contributed by atoms with Gasteiger partial charge < -0.3 is 21.4 Å². The zero-order valence-corrected chi connectivity index (χ0v) is 13.7. The van der Waals surface area contributed by atoms with Gasteiger partial charge in [0, 0.05) is 18.7 Å². The van der Waals surface area contributed by atoms with Gasteiger partial charge in [0.05, 0.1) is 12.5 Å². The zero-order chi connectivity index (χ0) is 17.6. The standard InChI is InChI=1S/C17H25N3O4/c18-14(10-13-4-8-20(24)9-5-13)16(23)19-12-17(11-15(21)22)6-2-1-3-7-17/h4-5,8-9,14H,1-3,6-7,10-12,18H2,(H,19,23)(H,21,22)/t14-/m1/s1. The third-order valence-corrected chi connectivity index (χ3v) is 4.74. The number of hydrogen-bond donors (Lipinski definition) is 3. The number of carboxylic acids is 1. The first-order valence-electron chi connectivity index (χ1n) is 8.33. The van der Waals surface area contributed by atoms with E-state index in [9.17, 15) is 14.8 Å². The molecular formula is C17H25N3O4. The van der Waals surface area contributed by atoms with Crippen LogP contribution >= 0.6 is 0 Å². The first-order valence-corrected chi connectivity index (χ1v) is 8.33. The lowest BCUT2D eigenvalue weighted by Gasteiger charge is -2.36. The van der Waals surface area contributed by atoms with E-state index in [4.69, 9.17) is 10.8 Å². The fourth-order valence-electron chi connectivity index (χ4n) is 3.37. The lowest BCUT2D eigenvalue weighted by atomic mass is 9.71. The number of rotatable bonds is 7. The van der Waals surface area contributed by atoms with Crippen molar-refractivity contribution in [1.82, 2.24) is 5.32 Å². The van der Waals surface area contributed by atoms with Crippen LogP contribution in [0.15, 0.2) is 24.5 Å². The molecule has 0 spiro atoms. The number of aliphatic carboxylic acids is 1. The van der Waals surface area contributed by atoms with Crippen LogP contribution in [0.2, 0.25) is 0 Å². The summed E-state index contributed by atoms with van der Waals surface area (Å²) in [4.78, 5) is 23.4. The molecule has 1 amide bonds. The van der Waals surface area contributed by atoms with Gasteiger partial charge in [0.2, 0.25) is 5.91 Å². The second kappa shape index (κ2) is 8.10. The maximum Gasteiger partial charge on any atom is 0.303 e. The van der Waals surface area contributed by atoms with Crippen molar-refractivity contribution in [3.63, 3.8) is 0 Å². The van der Waals surface area contributed by atoms with E-state index in [1.165, 1.54) is 12.4 Å².